The van der Waals surface area contributed by atoms with Gasteiger partial charge in [-0.15, -0.1) is 0 Å². The van der Waals surface area contributed by atoms with Gasteiger partial charge in [-0.1, -0.05) is 12.1 Å². The fourth-order valence-corrected chi connectivity index (χ4v) is 3.87. The van der Waals surface area contributed by atoms with Gasteiger partial charge in [0.2, 0.25) is 0 Å². The maximum Gasteiger partial charge on any atom is 0.251 e. The molecule has 7 nitrogen and oxygen atoms in total. The van der Waals surface area contributed by atoms with Gasteiger partial charge in [0, 0.05) is 57.4 Å². The van der Waals surface area contributed by atoms with Crippen LogP contribution in [0.3, 0.4) is 0 Å². The number of anilines is 1. The van der Waals surface area contributed by atoms with Crippen LogP contribution < -0.4 is 10.2 Å². The van der Waals surface area contributed by atoms with Gasteiger partial charge in [0.1, 0.15) is 5.82 Å². The third kappa shape index (κ3) is 4.54. The Kier molecular flexibility index (Phi) is 5.92. The van der Waals surface area contributed by atoms with Crippen molar-refractivity contribution in [1.29, 1.82) is 0 Å². The van der Waals surface area contributed by atoms with Crippen molar-refractivity contribution in [2.75, 3.05) is 50.8 Å². The van der Waals surface area contributed by atoms with Crippen LogP contribution in [0.4, 0.5) is 5.82 Å². The summed E-state index contributed by atoms with van der Waals surface area (Å²) in [7, 11) is 0. The smallest absolute Gasteiger partial charge is 0.251 e. The van der Waals surface area contributed by atoms with E-state index in [2.05, 4.69) is 43.1 Å². The van der Waals surface area contributed by atoms with E-state index in [1.165, 1.54) is 11.4 Å². The van der Waals surface area contributed by atoms with Crippen LogP contribution in [-0.4, -0.2) is 66.5 Å². The summed E-state index contributed by atoms with van der Waals surface area (Å²) in [5, 5.41) is 7.57. The summed E-state index contributed by atoms with van der Waals surface area (Å²) in [6.07, 6.45) is 1.11. The van der Waals surface area contributed by atoms with Gasteiger partial charge in [0.25, 0.3) is 5.91 Å². The van der Waals surface area contributed by atoms with Gasteiger partial charge >= 0.3 is 0 Å². The highest BCUT2D eigenvalue weighted by molar-refractivity contribution is 5.94. The highest BCUT2D eigenvalue weighted by Gasteiger charge is 2.18. The number of hydrogen-bond donors (Lipinski definition) is 1. The van der Waals surface area contributed by atoms with E-state index < -0.39 is 0 Å². The molecule has 1 fully saturated rings. The molecule has 0 spiro atoms. The number of ether oxygens (including phenoxy) is 1. The summed E-state index contributed by atoms with van der Waals surface area (Å²) < 4.78 is 7.44. The fraction of sp³-hybridized carbons (Fsp3) is 0.524. The molecule has 28 heavy (non-hydrogen) atoms. The normalized spacial score (nSPS) is 17.4. The molecule has 1 N–H and O–H groups in total. The van der Waals surface area contributed by atoms with Crippen LogP contribution in [0.1, 0.15) is 28.0 Å². The Bertz CT molecular complexity index is 796. The average Bonchev–Trinajstić information content (AvgIpc) is 3.10. The van der Waals surface area contributed by atoms with Crippen LogP contribution in [0, 0.1) is 6.92 Å². The first kappa shape index (κ1) is 19.0. The van der Waals surface area contributed by atoms with Crippen molar-refractivity contribution in [2.45, 2.75) is 26.4 Å². The number of amides is 1. The second-order valence-corrected chi connectivity index (χ2v) is 7.55. The van der Waals surface area contributed by atoms with Crippen molar-refractivity contribution in [1.82, 2.24) is 20.0 Å². The summed E-state index contributed by atoms with van der Waals surface area (Å²) in [6, 6.07) is 10.1. The molecule has 2 aromatic rings. The number of benzene rings is 1. The van der Waals surface area contributed by atoms with Crippen molar-refractivity contribution in [3.63, 3.8) is 0 Å². The van der Waals surface area contributed by atoms with Gasteiger partial charge < -0.3 is 15.0 Å². The Hall–Kier alpha value is -2.38. The van der Waals surface area contributed by atoms with Gasteiger partial charge in [-0.05, 0) is 31.0 Å². The van der Waals surface area contributed by atoms with E-state index in [0.717, 1.165) is 64.6 Å². The molecule has 0 bridgehead atoms. The van der Waals surface area contributed by atoms with Gasteiger partial charge in [-0.2, -0.15) is 5.10 Å². The van der Waals surface area contributed by atoms with Crippen molar-refractivity contribution in [3.05, 3.63) is 47.2 Å². The molecule has 1 aromatic heterocycles. The van der Waals surface area contributed by atoms with E-state index in [1.807, 2.05) is 19.1 Å². The zero-order chi connectivity index (χ0) is 19.3. The minimum atomic E-state index is -0.00789. The number of rotatable bonds is 6. The molecule has 0 saturated carbocycles. The molecule has 7 heteroatoms. The lowest BCUT2D eigenvalue weighted by Gasteiger charge is -2.29. The standard InChI is InChI=1S/C21H29N5O2/c1-17-15-20-25(8-2-9-26(20)23-17)16-18-3-5-19(6-4-18)21(27)22-7-10-24-11-13-28-14-12-24/h3-6,15H,2,7-14,16H2,1H3,(H,22,27). The van der Waals surface area contributed by atoms with Crippen LogP contribution in [0.25, 0.3) is 0 Å². The largest absolute Gasteiger partial charge is 0.379 e. The van der Waals surface area contributed by atoms with Crippen molar-refractivity contribution < 1.29 is 9.53 Å². The van der Waals surface area contributed by atoms with Crippen LogP contribution in [0.5, 0.6) is 0 Å². The number of nitrogens with zero attached hydrogens (tertiary/aromatic N) is 4. The second kappa shape index (κ2) is 8.75. The quantitative estimate of drug-likeness (QED) is 0.822. The summed E-state index contributed by atoms with van der Waals surface area (Å²) in [5.74, 6) is 1.18. The molecule has 4 rings (SSSR count). The lowest BCUT2D eigenvalue weighted by Crippen LogP contribution is -2.41. The molecular formula is C21H29N5O2. The summed E-state index contributed by atoms with van der Waals surface area (Å²) >= 11 is 0. The third-order valence-corrected chi connectivity index (χ3v) is 5.41. The lowest BCUT2D eigenvalue weighted by molar-refractivity contribution is 0.0383. The average molecular weight is 383 g/mol. The zero-order valence-corrected chi connectivity index (χ0v) is 16.6. The highest BCUT2D eigenvalue weighted by atomic mass is 16.5. The molecule has 0 unspecified atom stereocenters. The molecule has 1 amide bonds. The number of fused-ring (bicyclic) bond motifs is 1. The summed E-state index contributed by atoms with van der Waals surface area (Å²) in [5.41, 5.74) is 2.98. The van der Waals surface area contributed by atoms with E-state index in [1.54, 1.807) is 0 Å². The van der Waals surface area contributed by atoms with E-state index in [0.29, 0.717) is 12.1 Å². The number of hydrogen-bond acceptors (Lipinski definition) is 5. The Morgan fingerprint density at radius 3 is 2.71 bits per heavy atom. The Labute approximate surface area is 166 Å². The molecule has 1 aromatic carbocycles. The van der Waals surface area contributed by atoms with Crippen molar-refractivity contribution >= 4 is 11.7 Å². The fourth-order valence-electron chi connectivity index (χ4n) is 3.87. The molecule has 0 aliphatic carbocycles. The SMILES string of the molecule is Cc1cc2n(n1)CCCN2Cc1ccc(C(=O)NCCN2CCOCC2)cc1. The first-order chi connectivity index (χ1) is 13.7. The Balaban J connectivity index is 1.29. The zero-order valence-electron chi connectivity index (χ0n) is 16.6. The van der Waals surface area contributed by atoms with Crippen LogP contribution in [0.2, 0.25) is 0 Å². The molecule has 1 saturated heterocycles. The minimum absolute atomic E-state index is 0.00789. The first-order valence-electron chi connectivity index (χ1n) is 10.2. The first-order valence-corrected chi connectivity index (χ1v) is 10.2. The Morgan fingerprint density at radius 2 is 1.93 bits per heavy atom. The molecular weight excluding hydrogens is 354 g/mol. The van der Waals surface area contributed by atoms with Gasteiger partial charge in [0.05, 0.1) is 18.9 Å². The lowest BCUT2D eigenvalue weighted by atomic mass is 10.1. The number of aromatic nitrogens is 2. The number of carbonyl (C=O) groups excluding carboxylic acids is 1. The molecule has 2 aliphatic rings. The van der Waals surface area contributed by atoms with E-state index in [4.69, 9.17) is 4.74 Å². The van der Waals surface area contributed by atoms with E-state index in [9.17, 15) is 4.79 Å². The number of carbonyl (C=O) groups is 1. The van der Waals surface area contributed by atoms with Crippen LogP contribution in [-0.2, 0) is 17.8 Å². The molecule has 0 radical (unpaired) electrons. The topological polar surface area (TPSA) is 62.6 Å². The van der Waals surface area contributed by atoms with Crippen molar-refractivity contribution in [2.24, 2.45) is 0 Å². The van der Waals surface area contributed by atoms with Crippen LogP contribution >= 0.6 is 0 Å². The predicted molar refractivity (Wildman–Crippen MR) is 109 cm³/mol. The van der Waals surface area contributed by atoms with Crippen molar-refractivity contribution in [3.8, 4) is 0 Å². The number of morpholine rings is 1. The second-order valence-electron chi connectivity index (χ2n) is 7.55. The van der Waals surface area contributed by atoms with E-state index in [-0.39, 0.29) is 5.91 Å². The number of aryl methyl sites for hydroxylation is 2. The monoisotopic (exact) mass is 383 g/mol. The van der Waals surface area contributed by atoms with Gasteiger partial charge in [-0.3, -0.25) is 9.69 Å². The Morgan fingerprint density at radius 1 is 1.14 bits per heavy atom. The molecule has 150 valence electrons. The number of nitrogens with one attached hydrogen (secondary N) is 1. The maximum atomic E-state index is 12.4. The minimum Gasteiger partial charge on any atom is -0.379 e. The van der Waals surface area contributed by atoms with E-state index >= 15 is 0 Å². The predicted octanol–water partition coefficient (Wildman–Crippen LogP) is 1.66. The molecule has 0 atom stereocenters. The molecule has 2 aliphatic heterocycles. The van der Waals surface area contributed by atoms with Crippen LogP contribution in [0.15, 0.2) is 30.3 Å². The van der Waals surface area contributed by atoms with Gasteiger partial charge in [0.15, 0.2) is 0 Å². The summed E-state index contributed by atoms with van der Waals surface area (Å²) in [4.78, 5) is 17.1. The van der Waals surface area contributed by atoms with Gasteiger partial charge in [-0.25, -0.2) is 4.68 Å². The maximum absolute atomic E-state index is 12.4. The molecule has 3 heterocycles. The summed E-state index contributed by atoms with van der Waals surface area (Å²) in [6.45, 7) is 9.89. The third-order valence-electron chi connectivity index (χ3n) is 5.41. The highest BCUT2D eigenvalue weighted by Crippen LogP contribution is 2.23.